The molecule has 1 aliphatic rings. The minimum absolute atomic E-state index is 0. The number of rotatable bonds is 3. The van der Waals surface area contributed by atoms with Crippen LogP contribution in [0.2, 0.25) is 0 Å². The van der Waals surface area contributed by atoms with E-state index in [-0.39, 0.29) is 18.0 Å². The monoisotopic (exact) mass is 280 g/mol. The summed E-state index contributed by atoms with van der Waals surface area (Å²) in [4.78, 5) is 1.84. The Hall–Kier alpha value is -0.780. The van der Waals surface area contributed by atoms with Gasteiger partial charge in [0.05, 0.1) is 6.04 Å². The van der Waals surface area contributed by atoms with E-state index in [2.05, 4.69) is 5.32 Å². The second kappa shape index (κ2) is 6.97. The molecule has 2 rings (SSSR count). The minimum Gasteiger partial charge on any atom is -0.314 e. The van der Waals surface area contributed by atoms with Crippen LogP contribution in [-0.4, -0.2) is 37.8 Å². The fraction of sp³-hybridized carbons (Fsp3) is 0.500. The number of hydrogen-bond donors (Lipinski definition) is 1. The molecule has 0 aromatic heterocycles. The Morgan fingerprint density at radius 1 is 1.22 bits per heavy atom. The third-order valence-electron chi connectivity index (χ3n) is 3.08. The molecule has 2 nitrogen and oxygen atoms in total. The maximum absolute atomic E-state index is 13.6. The predicted octanol–water partition coefficient (Wildman–Crippen LogP) is 2.30. The van der Waals surface area contributed by atoms with Crippen molar-refractivity contribution in [2.45, 2.75) is 6.04 Å². The summed E-state index contributed by atoms with van der Waals surface area (Å²) in [6, 6.07) is 3.22. The highest BCUT2D eigenvalue weighted by atomic mass is 35.5. The van der Waals surface area contributed by atoms with E-state index >= 15 is 0 Å². The molecule has 18 heavy (non-hydrogen) atoms. The molecule has 0 bridgehead atoms. The van der Waals surface area contributed by atoms with Crippen LogP contribution >= 0.6 is 12.4 Å². The summed E-state index contributed by atoms with van der Waals surface area (Å²) >= 11 is 0. The van der Waals surface area contributed by atoms with Crippen LogP contribution in [0.4, 0.5) is 13.2 Å². The Balaban J connectivity index is 0.00000162. The average molecular weight is 281 g/mol. The highest BCUT2D eigenvalue weighted by Gasteiger charge is 2.25. The highest BCUT2D eigenvalue weighted by molar-refractivity contribution is 5.85. The van der Waals surface area contributed by atoms with Gasteiger partial charge >= 0.3 is 0 Å². The van der Waals surface area contributed by atoms with Crippen molar-refractivity contribution in [3.05, 3.63) is 35.4 Å². The highest BCUT2D eigenvalue weighted by Crippen LogP contribution is 2.25. The summed E-state index contributed by atoms with van der Waals surface area (Å²) in [5, 5.41) is 3.14. The molecular formula is C12H16ClF3N2. The molecule has 102 valence electrons. The van der Waals surface area contributed by atoms with E-state index in [4.69, 9.17) is 0 Å². The van der Waals surface area contributed by atoms with Crippen LogP contribution in [0.5, 0.6) is 0 Å². The molecule has 1 aromatic carbocycles. The van der Waals surface area contributed by atoms with Crippen LogP contribution in [0.25, 0.3) is 0 Å². The number of hydrogen-bond acceptors (Lipinski definition) is 2. The number of piperazine rings is 1. The molecule has 1 atom stereocenters. The lowest BCUT2D eigenvalue weighted by molar-refractivity contribution is 0.144. The first-order chi connectivity index (χ1) is 8.24. The summed E-state index contributed by atoms with van der Waals surface area (Å²) < 4.78 is 39.8. The van der Waals surface area contributed by atoms with Crippen LogP contribution < -0.4 is 5.32 Å². The van der Waals surface area contributed by atoms with Gasteiger partial charge in [0.15, 0.2) is 11.6 Å². The topological polar surface area (TPSA) is 15.3 Å². The number of nitrogens with zero attached hydrogens (tertiary/aromatic N) is 1. The molecular weight excluding hydrogens is 265 g/mol. The van der Waals surface area contributed by atoms with Gasteiger partial charge in [-0.2, -0.15) is 0 Å². The second-order valence-corrected chi connectivity index (χ2v) is 4.10. The van der Waals surface area contributed by atoms with E-state index in [1.54, 1.807) is 0 Å². The van der Waals surface area contributed by atoms with Crippen LogP contribution in [0.1, 0.15) is 11.6 Å². The van der Waals surface area contributed by atoms with Gasteiger partial charge in [0.2, 0.25) is 0 Å². The Morgan fingerprint density at radius 3 is 2.50 bits per heavy atom. The molecule has 0 radical (unpaired) electrons. The van der Waals surface area contributed by atoms with Crippen LogP contribution in [0, 0.1) is 11.6 Å². The molecule has 0 saturated carbocycles. The van der Waals surface area contributed by atoms with Gasteiger partial charge in [0.25, 0.3) is 0 Å². The van der Waals surface area contributed by atoms with Crippen molar-refractivity contribution in [2.75, 3.05) is 32.9 Å². The van der Waals surface area contributed by atoms with E-state index in [0.29, 0.717) is 13.1 Å². The maximum atomic E-state index is 13.6. The normalized spacial score (nSPS) is 18.2. The first kappa shape index (κ1) is 15.3. The van der Waals surface area contributed by atoms with E-state index in [9.17, 15) is 13.2 Å². The van der Waals surface area contributed by atoms with E-state index in [1.165, 1.54) is 12.1 Å². The van der Waals surface area contributed by atoms with Gasteiger partial charge in [-0.1, -0.05) is 12.1 Å². The molecule has 1 aliphatic heterocycles. The maximum Gasteiger partial charge on any atom is 0.163 e. The van der Waals surface area contributed by atoms with Crippen LogP contribution in [-0.2, 0) is 0 Å². The second-order valence-electron chi connectivity index (χ2n) is 4.10. The Bertz CT molecular complexity index is 384. The first-order valence-electron chi connectivity index (χ1n) is 5.68. The molecule has 6 heteroatoms. The SMILES string of the molecule is Cl.FC[C@H](c1cccc(F)c1F)N1CCNCC1. The van der Waals surface area contributed by atoms with Crippen molar-refractivity contribution in [3.8, 4) is 0 Å². The molecule has 1 heterocycles. The molecule has 0 aliphatic carbocycles. The van der Waals surface area contributed by atoms with Gasteiger partial charge in [0, 0.05) is 31.7 Å². The van der Waals surface area contributed by atoms with Crippen LogP contribution in [0.3, 0.4) is 0 Å². The number of alkyl halides is 1. The molecule has 1 saturated heterocycles. The van der Waals surface area contributed by atoms with Gasteiger partial charge in [-0.25, -0.2) is 13.2 Å². The third kappa shape index (κ3) is 3.16. The lowest BCUT2D eigenvalue weighted by atomic mass is 10.0. The van der Waals surface area contributed by atoms with Crippen LogP contribution in [0.15, 0.2) is 18.2 Å². The Kier molecular flexibility index (Phi) is 5.91. The third-order valence-corrected chi connectivity index (χ3v) is 3.08. The fourth-order valence-corrected chi connectivity index (χ4v) is 2.15. The lowest BCUT2D eigenvalue weighted by Crippen LogP contribution is -2.45. The predicted molar refractivity (Wildman–Crippen MR) is 66.8 cm³/mol. The van der Waals surface area contributed by atoms with Crippen molar-refractivity contribution < 1.29 is 13.2 Å². The smallest absolute Gasteiger partial charge is 0.163 e. The zero-order chi connectivity index (χ0) is 12.3. The zero-order valence-corrected chi connectivity index (χ0v) is 10.7. The average Bonchev–Trinajstić information content (AvgIpc) is 2.37. The van der Waals surface area contributed by atoms with E-state index in [1.807, 2.05) is 4.90 Å². The zero-order valence-electron chi connectivity index (χ0n) is 9.83. The molecule has 1 fully saturated rings. The summed E-state index contributed by atoms with van der Waals surface area (Å²) in [6.07, 6.45) is 0. The van der Waals surface area contributed by atoms with Gasteiger partial charge in [-0.3, -0.25) is 4.90 Å². The van der Waals surface area contributed by atoms with Crippen molar-refractivity contribution in [3.63, 3.8) is 0 Å². The largest absolute Gasteiger partial charge is 0.314 e. The van der Waals surface area contributed by atoms with Crippen molar-refractivity contribution >= 4 is 12.4 Å². The van der Waals surface area contributed by atoms with Crippen molar-refractivity contribution in [2.24, 2.45) is 0 Å². The summed E-state index contributed by atoms with van der Waals surface area (Å²) in [5.41, 5.74) is 0.106. The van der Waals surface area contributed by atoms with Gasteiger partial charge in [-0.15, -0.1) is 12.4 Å². The quantitative estimate of drug-likeness (QED) is 0.914. The molecule has 0 spiro atoms. The van der Waals surface area contributed by atoms with Gasteiger partial charge in [-0.05, 0) is 6.07 Å². The molecule has 1 aromatic rings. The molecule has 1 N–H and O–H groups in total. The molecule has 0 amide bonds. The van der Waals surface area contributed by atoms with Crippen molar-refractivity contribution in [1.82, 2.24) is 10.2 Å². The minimum atomic E-state index is -0.936. The number of halogens is 4. The van der Waals surface area contributed by atoms with E-state index in [0.717, 1.165) is 19.2 Å². The summed E-state index contributed by atoms with van der Waals surface area (Å²) in [6.45, 7) is 2.07. The van der Waals surface area contributed by atoms with Crippen molar-refractivity contribution in [1.29, 1.82) is 0 Å². The first-order valence-corrected chi connectivity index (χ1v) is 5.68. The lowest BCUT2D eigenvalue weighted by Gasteiger charge is -2.33. The summed E-state index contributed by atoms with van der Waals surface area (Å²) in [7, 11) is 0. The van der Waals surface area contributed by atoms with Gasteiger partial charge in [0.1, 0.15) is 6.67 Å². The fourth-order valence-electron chi connectivity index (χ4n) is 2.15. The standard InChI is InChI=1S/C12H15F3N2.ClH/c13-8-11(17-6-4-16-5-7-17)9-2-1-3-10(14)12(9)15;/h1-3,11,16H,4-8H2;1H/t11-;/m1./s1. The summed E-state index contributed by atoms with van der Waals surface area (Å²) in [5.74, 6) is -1.86. The number of nitrogens with one attached hydrogen (secondary N) is 1. The number of benzene rings is 1. The van der Waals surface area contributed by atoms with Gasteiger partial charge < -0.3 is 5.32 Å². The Morgan fingerprint density at radius 2 is 1.89 bits per heavy atom. The molecule has 0 unspecified atom stereocenters. The van der Waals surface area contributed by atoms with E-state index < -0.39 is 24.4 Å². The Labute approximate surface area is 111 Å².